The topological polar surface area (TPSA) is 63.6 Å². The summed E-state index contributed by atoms with van der Waals surface area (Å²) in [6.07, 6.45) is 0.122. The van der Waals surface area contributed by atoms with Crippen molar-refractivity contribution in [2.45, 2.75) is 19.4 Å². The average molecular weight is 256 g/mol. The van der Waals surface area contributed by atoms with Crippen LogP contribution in [-0.2, 0) is 9.53 Å². The van der Waals surface area contributed by atoms with Crippen molar-refractivity contribution in [2.75, 3.05) is 0 Å². The fourth-order valence-corrected chi connectivity index (χ4v) is 2.41. The molecule has 1 N–H and O–H groups in total. The smallest absolute Gasteiger partial charge is 0.234 e. The van der Waals surface area contributed by atoms with E-state index in [0.29, 0.717) is 23.3 Å². The molecular formula is C15H12O4. The van der Waals surface area contributed by atoms with E-state index in [1.807, 2.05) is 6.92 Å². The second-order valence-corrected chi connectivity index (χ2v) is 4.85. The summed E-state index contributed by atoms with van der Waals surface area (Å²) in [6, 6.07) is 4.38. The summed E-state index contributed by atoms with van der Waals surface area (Å²) in [7, 11) is 0. The fraction of sp³-hybridized carbons (Fsp3) is 0.200. The third-order valence-corrected chi connectivity index (χ3v) is 3.45. The third kappa shape index (κ3) is 1.60. The second-order valence-electron chi connectivity index (χ2n) is 4.85. The van der Waals surface area contributed by atoms with Gasteiger partial charge < -0.3 is 9.84 Å². The van der Waals surface area contributed by atoms with Crippen molar-refractivity contribution in [3.8, 4) is 5.75 Å². The van der Waals surface area contributed by atoms with Gasteiger partial charge in [0.2, 0.25) is 11.6 Å². The molecular weight excluding hydrogens is 244 g/mol. The van der Waals surface area contributed by atoms with E-state index in [4.69, 9.17) is 4.74 Å². The maximum absolute atomic E-state index is 12.1. The number of benzene rings is 1. The minimum atomic E-state index is -0.587. The number of hydrogen-bond acceptors (Lipinski definition) is 4. The Hall–Kier alpha value is -2.36. The first-order chi connectivity index (χ1) is 8.99. The van der Waals surface area contributed by atoms with Crippen LogP contribution >= 0.6 is 0 Å². The zero-order valence-corrected chi connectivity index (χ0v) is 10.4. The van der Waals surface area contributed by atoms with Gasteiger partial charge in [0, 0.05) is 17.5 Å². The van der Waals surface area contributed by atoms with Gasteiger partial charge in [0.25, 0.3) is 0 Å². The summed E-state index contributed by atoms with van der Waals surface area (Å²) < 4.78 is 5.74. The number of carbonyl (C=O) groups is 2. The van der Waals surface area contributed by atoms with E-state index in [9.17, 15) is 14.7 Å². The molecule has 0 aromatic heterocycles. The fourth-order valence-electron chi connectivity index (χ4n) is 2.41. The molecule has 1 aromatic rings. The highest BCUT2D eigenvalue weighted by Crippen LogP contribution is 2.41. The minimum absolute atomic E-state index is 0.0431. The average Bonchev–Trinajstić information content (AvgIpc) is 2.81. The zero-order valence-electron chi connectivity index (χ0n) is 10.4. The van der Waals surface area contributed by atoms with Crippen molar-refractivity contribution in [1.29, 1.82) is 0 Å². The predicted octanol–water partition coefficient (Wildman–Crippen LogP) is 2.23. The number of hydrogen-bond donors (Lipinski definition) is 1. The Morgan fingerprint density at radius 3 is 2.74 bits per heavy atom. The molecule has 0 amide bonds. The van der Waals surface area contributed by atoms with Crippen LogP contribution in [0.25, 0.3) is 5.76 Å². The highest BCUT2D eigenvalue weighted by molar-refractivity contribution is 6.52. The van der Waals surface area contributed by atoms with Crippen molar-refractivity contribution < 1.29 is 19.4 Å². The first kappa shape index (κ1) is 11.7. The van der Waals surface area contributed by atoms with Crippen LogP contribution in [0.4, 0.5) is 0 Å². The van der Waals surface area contributed by atoms with E-state index in [0.717, 1.165) is 5.57 Å². The zero-order chi connectivity index (χ0) is 13.7. The molecule has 1 aliphatic carbocycles. The molecule has 1 aliphatic heterocycles. The van der Waals surface area contributed by atoms with E-state index in [1.165, 1.54) is 12.1 Å². The van der Waals surface area contributed by atoms with E-state index >= 15 is 0 Å². The van der Waals surface area contributed by atoms with Crippen molar-refractivity contribution >= 4 is 17.3 Å². The molecule has 1 atom stereocenters. The Bertz CT molecular complexity index is 667. The van der Waals surface area contributed by atoms with Crippen LogP contribution in [-0.4, -0.2) is 22.8 Å². The molecule has 0 radical (unpaired) electrons. The van der Waals surface area contributed by atoms with Crippen LogP contribution in [0.5, 0.6) is 5.75 Å². The number of aromatic hydroxyl groups is 1. The molecule has 19 heavy (non-hydrogen) atoms. The lowest BCUT2D eigenvalue weighted by molar-refractivity contribution is -0.111. The molecule has 1 unspecified atom stereocenters. The van der Waals surface area contributed by atoms with Gasteiger partial charge in [-0.15, -0.1) is 0 Å². The summed E-state index contributed by atoms with van der Waals surface area (Å²) in [5.41, 5.74) is 2.00. The molecule has 4 heteroatoms. The molecule has 0 saturated heterocycles. The largest absolute Gasteiger partial charge is 0.508 e. The molecule has 0 spiro atoms. The van der Waals surface area contributed by atoms with Crippen LogP contribution in [0.1, 0.15) is 29.3 Å². The lowest BCUT2D eigenvalue weighted by atomic mass is 9.87. The molecule has 4 nitrogen and oxygen atoms in total. The van der Waals surface area contributed by atoms with Crippen LogP contribution in [0.15, 0.2) is 35.9 Å². The van der Waals surface area contributed by atoms with E-state index in [2.05, 4.69) is 6.58 Å². The lowest BCUT2D eigenvalue weighted by Crippen LogP contribution is -2.22. The molecule has 0 fully saturated rings. The summed E-state index contributed by atoms with van der Waals surface area (Å²) in [5, 5.41) is 9.44. The number of ketones is 2. The molecule has 1 heterocycles. The molecule has 1 aromatic carbocycles. The molecule has 3 rings (SSSR count). The van der Waals surface area contributed by atoms with Crippen LogP contribution in [0.2, 0.25) is 0 Å². The molecule has 0 saturated carbocycles. The van der Waals surface area contributed by atoms with E-state index in [-0.39, 0.29) is 17.4 Å². The second kappa shape index (κ2) is 3.82. The van der Waals surface area contributed by atoms with Gasteiger partial charge in [-0.25, -0.2) is 0 Å². The predicted molar refractivity (Wildman–Crippen MR) is 68.7 cm³/mol. The standard InChI is InChI=1S/C15H12O4/c1-7(2)12-6-11-14(18)13(17)10-5-8(16)3-4-9(10)15(11)19-12/h3-5,12,16H,1,6H2,2H3. The lowest BCUT2D eigenvalue weighted by Gasteiger charge is -2.16. The molecule has 2 aliphatic rings. The van der Waals surface area contributed by atoms with E-state index < -0.39 is 11.6 Å². The number of phenols is 1. The number of ether oxygens (including phenoxy) is 1. The first-order valence-corrected chi connectivity index (χ1v) is 5.96. The highest BCUT2D eigenvalue weighted by Gasteiger charge is 2.40. The Morgan fingerprint density at radius 2 is 2.05 bits per heavy atom. The van der Waals surface area contributed by atoms with Crippen LogP contribution in [0.3, 0.4) is 0 Å². The van der Waals surface area contributed by atoms with Gasteiger partial charge in [0.1, 0.15) is 17.6 Å². The number of phenolic OH excluding ortho intramolecular Hbond substituents is 1. The quantitative estimate of drug-likeness (QED) is 0.618. The van der Waals surface area contributed by atoms with E-state index in [1.54, 1.807) is 6.07 Å². The van der Waals surface area contributed by atoms with Crippen molar-refractivity contribution in [3.05, 3.63) is 47.1 Å². The third-order valence-electron chi connectivity index (χ3n) is 3.45. The van der Waals surface area contributed by atoms with Gasteiger partial charge in [0.05, 0.1) is 5.57 Å². The van der Waals surface area contributed by atoms with Crippen molar-refractivity contribution in [1.82, 2.24) is 0 Å². The molecule has 0 bridgehead atoms. The van der Waals surface area contributed by atoms with Gasteiger partial charge in [0.15, 0.2) is 0 Å². The Labute approximate surface area is 110 Å². The molecule has 96 valence electrons. The number of fused-ring (bicyclic) bond motifs is 2. The normalized spacial score (nSPS) is 21.0. The number of carbonyl (C=O) groups excluding carboxylic acids is 2. The van der Waals surface area contributed by atoms with Gasteiger partial charge >= 0.3 is 0 Å². The summed E-state index contributed by atoms with van der Waals surface area (Å²) in [4.78, 5) is 24.1. The van der Waals surface area contributed by atoms with Crippen LogP contribution < -0.4 is 0 Å². The number of rotatable bonds is 1. The van der Waals surface area contributed by atoms with Gasteiger partial charge in [-0.1, -0.05) is 6.58 Å². The minimum Gasteiger partial charge on any atom is -0.508 e. The van der Waals surface area contributed by atoms with Crippen molar-refractivity contribution in [3.63, 3.8) is 0 Å². The van der Waals surface area contributed by atoms with Gasteiger partial charge in [-0.3, -0.25) is 9.59 Å². The summed E-state index contributed by atoms with van der Waals surface area (Å²) in [5.74, 6) is -0.724. The Balaban J connectivity index is 2.16. The number of Topliss-reactive ketones (excluding diaryl/α,β-unsaturated/α-hetero) is 2. The SMILES string of the molecule is C=C(C)C1CC2=C(O1)c1ccc(O)cc1C(=O)C2=O. The monoisotopic (exact) mass is 256 g/mol. The van der Waals surface area contributed by atoms with Crippen LogP contribution in [0, 0.1) is 0 Å². The van der Waals surface area contributed by atoms with Crippen molar-refractivity contribution in [2.24, 2.45) is 0 Å². The van der Waals surface area contributed by atoms with Gasteiger partial charge in [-0.2, -0.15) is 0 Å². The maximum atomic E-state index is 12.1. The Morgan fingerprint density at radius 1 is 1.32 bits per heavy atom. The van der Waals surface area contributed by atoms with Gasteiger partial charge in [-0.05, 0) is 30.7 Å². The summed E-state index contributed by atoms with van der Waals surface area (Å²) in [6.45, 7) is 5.65. The maximum Gasteiger partial charge on any atom is 0.234 e. The first-order valence-electron chi connectivity index (χ1n) is 5.96. The summed E-state index contributed by atoms with van der Waals surface area (Å²) >= 11 is 0. The Kier molecular flexibility index (Phi) is 2.35. The highest BCUT2D eigenvalue weighted by atomic mass is 16.5.